The molecular formula is C12H19Br. The molecule has 0 nitrogen and oxygen atoms in total. The molecule has 0 N–H and O–H groups in total. The van der Waals surface area contributed by atoms with Crippen molar-refractivity contribution in [2.75, 3.05) is 0 Å². The van der Waals surface area contributed by atoms with Gasteiger partial charge in [0.2, 0.25) is 0 Å². The van der Waals surface area contributed by atoms with E-state index in [4.69, 9.17) is 0 Å². The molecule has 0 aromatic heterocycles. The molecule has 4 saturated carbocycles. The van der Waals surface area contributed by atoms with E-state index >= 15 is 0 Å². The van der Waals surface area contributed by atoms with Crippen LogP contribution in [0.3, 0.4) is 0 Å². The molecule has 4 aliphatic carbocycles. The summed E-state index contributed by atoms with van der Waals surface area (Å²) in [6, 6.07) is 0. The standard InChI is InChI=1S/C12H19Br/c1-11-6-8-3-9(7-11)5-10(4-8)12(11,2)13/h8-10H,3-7H2,1-2H3. The largest absolute Gasteiger partial charge is 0.0847 e. The molecular weight excluding hydrogens is 224 g/mol. The Morgan fingerprint density at radius 2 is 1.54 bits per heavy atom. The van der Waals surface area contributed by atoms with Crippen molar-refractivity contribution in [1.82, 2.24) is 0 Å². The molecule has 74 valence electrons. The van der Waals surface area contributed by atoms with Crippen molar-refractivity contribution in [1.29, 1.82) is 0 Å². The Morgan fingerprint density at radius 3 is 2.00 bits per heavy atom. The quantitative estimate of drug-likeness (QED) is 0.564. The summed E-state index contributed by atoms with van der Waals surface area (Å²) < 4.78 is 0.452. The molecule has 3 unspecified atom stereocenters. The number of hydrogen-bond acceptors (Lipinski definition) is 0. The molecule has 0 aromatic carbocycles. The maximum Gasteiger partial charge on any atom is 0.0311 e. The van der Waals surface area contributed by atoms with Gasteiger partial charge >= 0.3 is 0 Å². The minimum atomic E-state index is 0.452. The highest BCUT2D eigenvalue weighted by Crippen LogP contribution is 2.67. The molecule has 4 bridgehead atoms. The Kier molecular flexibility index (Phi) is 1.58. The third-order valence-corrected chi connectivity index (χ3v) is 6.93. The summed E-state index contributed by atoms with van der Waals surface area (Å²) in [7, 11) is 0. The smallest absolute Gasteiger partial charge is 0.0311 e. The van der Waals surface area contributed by atoms with Gasteiger partial charge in [-0.1, -0.05) is 22.9 Å². The maximum absolute atomic E-state index is 4.04. The van der Waals surface area contributed by atoms with Crippen LogP contribution in [0.1, 0.15) is 46.0 Å². The molecule has 0 aromatic rings. The SMILES string of the molecule is CC12CC3CC(CC(C3)C1(C)Br)C2. The van der Waals surface area contributed by atoms with E-state index in [1.165, 1.54) is 25.7 Å². The van der Waals surface area contributed by atoms with Crippen molar-refractivity contribution in [3.8, 4) is 0 Å². The Hall–Kier alpha value is 0.480. The second-order valence-electron chi connectivity index (χ2n) is 6.18. The molecule has 0 spiro atoms. The van der Waals surface area contributed by atoms with Crippen LogP contribution in [0.4, 0.5) is 0 Å². The lowest BCUT2D eigenvalue weighted by Gasteiger charge is -2.63. The highest BCUT2D eigenvalue weighted by molar-refractivity contribution is 9.10. The van der Waals surface area contributed by atoms with Gasteiger partial charge in [-0.3, -0.25) is 0 Å². The summed E-state index contributed by atoms with van der Waals surface area (Å²) in [4.78, 5) is 0. The second-order valence-corrected chi connectivity index (χ2v) is 7.83. The molecule has 0 heterocycles. The topological polar surface area (TPSA) is 0 Å². The lowest BCUT2D eigenvalue weighted by atomic mass is 9.46. The molecule has 0 amide bonds. The van der Waals surface area contributed by atoms with Gasteiger partial charge in [0.05, 0.1) is 0 Å². The molecule has 1 heteroatoms. The van der Waals surface area contributed by atoms with E-state index in [-0.39, 0.29) is 0 Å². The summed E-state index contributed by atoms with van der Waals surface area (Å²) >= 11 is 4.04. The third kappa shape index (κ3) is 0.976. The molecule has 4 aliphatic rings. The van der Waals surface area contributed by atoms with Gasteiger partial charge in [-0.15, -0.1) is 0 Å². The van der Waals surface area contributed by atoms with E-state index in [9.17, 15) is 0 Å². The number of hydrogen-bond donors (Lipinski definition) is 0. The Morgan fingerprint density at radius 1 is 1.00 bits per heavy atom. The minimum absolute atomic E-state index is 0.452. The fourth-order valence-electron chi connectivity index (χ4n) is 4.59. The van der Waals surface area contributed by atoms with Crippen LogP contribution in [0.15, 0.2) is 0 Å². The summed E-state index contributed by atoms with van der Waals surface area (Å²) in [6.07, 6.45) is 7.54. The first-order valence-electron chi connectivity index (χ1n) is 5.70. The molecule has 4 fully saturated rings. The summed E-state index contributed by atoms with van der Waals surface area (Å²) in [6.45, 7) is 4.97. The van der Waals surface area contributed by atoms with E-state index in [1.54, 1.807) is 6.42 Å². The summed E-state index contributed by atoms with van der Waals surface area (Å²) in [5.41, 5.74) is 0.613. The van der Waals surface area contributed by atoms with E-state index in [2.05, 4.69) is 29.8 Å². The summed E-state index contributed by atoms with van der Waals surface area (Å²) in [5.74, 6) is 3.13. The van der Waals surface area contributed by atoms with Gasteiger partial charge in [-0.25, -0.2) is 0 Å². The van der Waals surface area contributed by atoms with Crippen LogP contribution in [-0.4, -0.2) is 4.32 Å². The number of rotatable bonds is 0. The molecule has 3 atom stereocenters. The Bertz CT molecular complexity index is 230. The van der Waals surface area contributed by atoms with Gasteiger partial charge in [0.25, 0.3) is 0 Å². The maximum atomic E-state index is 4.04. The van der Waals surface area contributed by atoms with Crippen LogP contribution in [0.25, 0.3) is 0 Å². The predicted octanol–water partition coefficient (Wildman–Crippen LogP) is 3.99. The van der Waals surface area contributed by atoms with Crippen molar-refractivity contribution in [2.45, 2.75) is 50.3 Å². The average molecular weight is 243 g/mol. The van der Waals surface area contributed by atoms with Crippen molar-refractivity contribution in [3.05, 3.63) is 0 Å². The molecule has 4 rings (SSSR count). The van der Waals surface area contributed by atoms with Crippen LogP contribution in [-0.2, 0) is 0 Å². The van der Waals surface area contributed by atoms with Gasteiger partial charge in [0, 0.05) is 4.32 Å². The van der Waals surface area contributed by atoms with Crippen molar-refractivity contribution >= 4 is 15.9 Å². The lowest BCUT2D eigenvalue weighted by Crippen LogP contribution is -2.58. The van der Waals surface area contributed by atoms with Crippen molar-refractivity contribution in [3.63, 3.8) is 0 Å². The van der Waals surface area contributed by atoms with Crippen LogP contribution in [0, 0.1) is 23.2 Å². The zero-order valence-corrected chi connectivity index (χ0v) is 10.2. The Balaban J connectivity index is 2.03. The summed E-state index contributed by atoms with van der Waals surface area (Å²) in [5, 5.41) is 0. The lowest BCUT2D eigenvalue weighted by molar-refractivity contribution is -0.0682. The first-order valence-corrected chi connectivity index (χ1v) is 6.49. The van der Waals surface area contributed by atoms with Crippen LogP contribution in [0.5, 0.6) is 0 Å². The average Bonchev–Trinajstić information content (AvgIpc) is 1.99. The second kappa shape index (κ2) is 2.35. The van der Waals surface area contributed by atoms with E-state index < -0.39 is 0 Å². The van der Waals surface area contributed by atoms with Gasteiger partial charge < -0.3 is 0 Å². The normalized spacial score (nSPS) is 64.4. The fourth-order valence-corrected chi connectivity index (χ4v) is 5.29. The van der Waals surface area contributed by atoms with Crippen LogP contribution >= 0.6 is 15.9 Å². The zero-order valence-electron chi connectivity index (χ0n) is 8.65. The minimum Gasteiger partial charge on any atom is -0.0847 e. The molecule has 0 radical (unpaired) electrons. The first kappa shape index (κ1) is 8.76. The molecule has 13 heavy (non-hydrogen) atoms. The van der Waals surface area contributed by atoms with E-state index in [1.807, 2.05) is 0 Å². The van der Waals surface area contributed by atoms with Gasteiger partial charge in [-0.2, -0.15) is 0 Å². The van der Waals surface area contributed by atoms with Crippen LogP contribution in [0.2, 0.25) is 0 Å². The van der Waals surface area contributed by atoms with Crippen molar-refractivity contribution < 1.29 is 0 Å². The third-order valence-electron chi connectivity index (χ3n) is 5.33. The predicted molar refractivity (Wildman–Crippen MR) is 59.0 cm³/mol. The van der Waals surface area contributed by atoms with Gasteiger partial charge in [-0.05, 0) is 62.2 Å². The highest BCUT2D eigenvalue weighted by Gasteiger charge is 2.59. The Labute approximate surface area is 89.6 Å². The number of halogens is 1. The van der Waals surface area contributed by atoms with Gasteiger partial charge in [0.15, 0.2) is 0 Å². The first-order chi connectivity index (χ1) is 6.01. The van der Waals surface area contributed by atoms with Crippen molar-refractivity contribution in [2.24, 2.45) is 23.2 Å². The van der Waals surface area contributed by atoms with Gasteiger partial charge in [0.1, 0.15) is 0 Å². The van der Waals surface area contributed by atoms with E-state index in [0.29, 0.717) is 9.74 Å². The molecule has 0 saturated heterocycles. The molecule has 0 aliphatic heterocycles. The zero-order chi connectivity index (χ0) is 9.27. The van der Waals surface area contributed by atoms with E-state index in [0.717, 1.165) is 17.8 Å². The highest BCUT2D eigenvalue weighted by atomic mass is 79.9. The van der Waals surface area contributed by atoms with Crippen LogP contribution < -0.4 is 0 Å². The fraction of sp³-hybridized carbons (Fsp3) is 1.00. The monoisotopic (exact) mass is 242 g/mol. The number of alkyl halides is 1.